The Labute approximate surface area is 145 Å². The van der Waals surface area contributed by atoms with Gasteiger partial charge >= 0.3 is 0 Å². The number of morpholine rings is 1. The average molecular weight is 339 g/mol. The van der Waals surface area contributed by atoms with E-state index in [1.165, 1.54) is 0 Å². The smallest absolute Gasteiger partial charge is 0.135 e. The molecular weight excluding hydrogens is 318 g/mol. The van der Waals surface area contributed by atoms with E-state index >= 15 is 0 Å². The predicted octanol–water partition coefficient (Wildman–Crippen LogP) is 1.96. The second-order valence-electron chi connectivity index (χ2n) is 6.44. The Balaban J connectivity index is 1.81. The summed E-state index contributed by atoms with van der Waals surface area (Å²) in [6, 6.07) is 1.95. The van der Waals surface area contributed by atoms with E-state index in [-0.39, 0.29) is 0 Å². The van der Waals surface area contributed by atoms with Gasteiger partial charge in [-0.05, 0) is 11.5 Å². The normalized spacial score (nSPS) is 15.2. The zero-order valence-electron chi connectivity index (χ0n) is 14.4. The van der Waals surface area contributed by atoms with Gasteiger partial charge in [0.25, 0.3) is 0 Å². The van der Waals surface area contributed by atoms with Crippen LogP contribution in [-0.4, -0.2) is 51.5 Å². The largest absolute Gasteiger partial charge is 0.383 e. The Morgan fingerprint density at radius 2 is 2.00 bits per heavy atom. The van der Waals surface area contributed by atoms with Gasteiger partial charge in [-0.2, -0.15) is 5.10 Å². The minimum absolute atomic E-state index is 0.318. The molecule has 130 valence electrons. The lowest BCUT2D eigenvalue weighted by Gasteiger charge is -2.27. The molecule has 25 heavy (non-hydrogen) atoms. The van der Waals surface area contributed by atoms with Crippen molar-refractivity contribution in [2.45, 2.75) is 19.8 Å². The fourth-order valence-electron chi connectivity index (χ4n) is 3.13. The first-order valence-electron chi connectivity index (χ1n) is 8.42. The second kappa shape index (κ2) is 6.29. The zero-order valence-corrected chi connectivity index (χ0v) is 14.4. The SMILES string of the molecule is CC(C)c1cnc(N)c2c(-c3cc(N4CCOCC4)ncn3)n[nH]c12. The molecule has 8 heteroatoms. The maximum absolute atomic E-state index is 6.15. The van der Waals surface area contributed by atoms with E-state index < -0.39 is 0 Å². The van der Waals surface area contributed by atoms with Crippen LogP contribution in [0.25, 0.3) is 22.3 Å². The lowest BCUT2D eigenvalue weighted by atomic mass is 10.0. The van der Waals surface area contributed by atoms with Crippen LogP contribution in [0.3, 0.4) is 0 Å². The molecule has 0 amide bonds. The van der Waals surface area contributed by atoms with Gasteiger partial charge in [0.15, 0.2) is 0 Å². The van der Waals surface area contributed by atoms with Crippen molar-refractivity contribution in [3.05, 3.63) is 24.2 Å². The summed E-state index contributed by atoms with van der Waals surface area (Å²) in [5, 5.41) is 8.41. The monoisotopic (exact) mass is 339 g/mol. The number of H-pyrrole nitrogens is 1. The van der Waals surface area contributed by atoms with Crippen LogP contribution in [0.5, 0.6) is 0 Å². The van der Waals surface area contributed by atoms with Gasteiger partial charge in [-0.25, -0.2) is 15.0 Å². The highest BCUT2D eigenvalue weighted by atomic mass is 16.5. The quantitative estimate of drug-likeness (QED) is 0.751. The van der Waals surface area contributed by atoms with E-state index in [1.54, 1.807) is 6.33 Å². The third-order valence-corrected chi connectivity index (χ3v) is 4.51. The molecule has 3 aromatic heterocycles. The number of fused-ring (bicyclic) bond motifs is 1. The molecule has 8 nitrogen and oxygen atoms in total. The van der Waals surface area contributed by atoms with Gasteiger partial charge in [-0.1, -0.05) is 13.8 Å². The Morgan fingerprint density at radius 3 is 2.76 bits per heavy atom. The number of ether oxygens (including phenoxy) is 1. The summed E-state index contributed by atoms with van der Waals surface area (Å²) in [6.07, 6.45) is 3.37. The highest BCUT2D eigenvalue weighted by Crippen LogP contribution is 2.33. The summed E-state index contributed by atoms with van der Waals surface area (Å²) in [5.41, 5.74) is 9.60. The number of nitrogen functional groups attached to an aromatic ring is 1. The predicted molar refractivity (Wildman–Crippen MR) is 96.4 cm³/mol. The van der Waals surface area contributed by atoms with Crippen LogP contribution < -0.4 is 10.6 Å². The topological polar surface area (TPSA) is 106 Å². The highest BCUT2D eigenvalue weighted by Gasteiger charge is 2.19. The summed E-state index contributed by atoms with van der Waals surface area (Å²) in [4.78, 5) is 15.3. The van der Waals surface area contributed by atoms with Crippen molar-refractivity contribution in [1.29, 1.82) is 0 Å². The third-order valence-electron chi connectivity index (χ3n) is 4.51. The maximum Gasteiger partial charge on any atom is 0.135 e. The number of hydrogen-bond donors (Lipinski definition) is 2. The van der Waals surface area contributed by atoms with Crippen LogP contribution in [0.15, 0.2) is 18.6 Å². The Hall–Kier alpha value is -2.74. The number of nitrogens with zero attached hydrogens (tertiary/aromatic N) is 5. The van der Waals surface area contributed by atoms with Gasteiger partial charge in [-0.15, -0.1) is 0 Å². The van der Waals surface area contributed by atoms with E-state index in [9.17, 15) is 0 Å². The molecule has 0 saturated carbocycles. The van der Waals surface area contributed by atoms with Gasteiger partial charge in [-0.3, -0.25) is 5.10 Å². The fraction of sp³-hybridized carbons (Fsp3) is 0.412. The second-order valence-corrected chi connectivity index (χ2v) is 6.44. The van der Waals surface area contributed by atoms with Gasteiger partial charge in [0, 0.05) is 25.4 Å². The molecule has 0 aromatic carbocycles. The number of rotatable bonds is 3. The molecule has 0 atom stereocenters. The molecule has 1 saturated heterocycles. The lowest BCUT2D eigenvalue weighted by molar-refractivity contribution is 0.122. The number of nitrogens with two attached hydrogens (primary N) is 1. The molecule has 3 aromatic rings. The van der Waals surface area contributed by atoms with Crippen LogP contribution in [0, 0.1) is 0 Å². The Bertz CT molecular complexity index is 899. The number of anilines is 2. The number of aromatic nitrogens is 5. The van der Waals surface area contributed by atoms with Crippen molar-refractivity contribution in [2.24, 2.45) is 0 Å². The summed E-state index contributed by atoms with van der Waals surface area (Å²) < 4.78 is 5.41. The minimum atomic E-state index is 0.318. The first kappa shape index (κ1) is 15.8. The zero-order chi connectivity index (χ0) is 17.4. The first-order valence-corrected chi connectivity index (χ1v) is 8.42. The molecule has 0 aliphatic carbocycles. The van der Waals surface area contributed by atoms with Crippen molar-refractivity contribution in [1.82, 2.24) is 25.1 Å². The molecule has 0 unspecified atom stereocenters. The average Bonchev–Trinajstić information content (AvgIpc) is 3.08. The summed E-state index contributed by atoms with van der Waals surface area (Å²) in [6.45, 7) is 7.29. The van der Waals surface area contributed by atoms with E-state index in [2.05, 4.69) is 43.9 Å². The van der Waals surface area contributed by atoms with Crippen LogP contribution in [0.2, 0.25) is 0 Å². The van der Waals surface area contributed by atoms with E-state index in [1.807, 2.05) is 12.3 Å². The molecule has 4 rings (SSSR count). The molecule has 0 bridgehead atoms. The number of pyridine rings is 1. The molecule has 0 spiro atoms. The molecule has 1 aliphatic heterocycles. The molecule has 4 heterocycles. The third kappa shape index (κ3) is 2.78. The van der Waals surface area contributed by atoms with Crippen LogP contribution >= 0.6 is 0 Å². The summed E-state index contributed by atoms with van der Waals surface area (Å²) >= 11 is 0. The van der Waals surface area contributed by atoms with E-state index in [0.29, 0.717) is 30.6 Å². The lowest BCUT2D eigenvalue weighted by Crippen LogP contribution is -2.36. The summed E-state index contributed by atoms with van der Waals surface area (Å²) in [7, 11) is 0. The van der Waals surface area contributed by atoms with E-state index in [4.69, 9.17) is 10.5 Å². The Morgan fingerprint density at radius 1 is 1.20 bits per heavy atom. The molecule has 1 fully saturated rings. The Kier molecular flexibility index (Phi) is 3.96. The van der Waals surface area contributed by atoms with Gasteiger partial charge < -0.3 is 15.4 Å². The molecule has 3 N–H and O–H groups in total. The molecule has 0 radical (unpaired) electrons. The maximum atomic E-state index is 6.15. The van der Waals surface area contributed by atoms with Gasteiger partial charge in [0.2, 0.25) is 0 Å². The van der Waals surface area contributed by atoms with Crippen molar-refractivity contribution in [3.8, 4) is 11.4 Å². The van der Waals surface area contributed by atoms with Gasteiger partial charge in [0.1, 0.15) is 23.7 Å². The van der Waals surface area contributed by atoms with Gasteiger partial charge in [0.05, 0.1) is 29.8 Å². The molecular formula is C17H21N7O. The standard InChI is InChI=1S/C17H21N7O/c1-10(2)11-8-19-17(18)14-15(11)22-23-16(14)12-7-13(21-9-20-12)24-3-5-25-6-4-24/h7-10H,3-6H2,1-2H3,(H2,18,19)(H,22,23). The number of nitrogens with one attached hydrogen (secondary N) is 1. The van der Waals surface area contributed by atoms with Crippen LogP contribution in [-0.2, 0) is 4.74 Å². The van der Waals surface area contributed by atoms with Crippen molar-refractivity contribution in [3.63, 3.8) is 0 Å². The minimum Gasteiger partial charge on any atom is -0.383 e. The van der Waals surface area contributed by atoms with E-state index in [0.717, 1.165) is 41.1 Å². The highest BCUT2D eigenvalue weighted by molar-refractivity contribution is 6.00. The van der Waals surface area contributed by atoms with Crippen molar-refractivity contribution < 1.29 is 4.74 Å². The first-order chi connectivity index (χ1) is 12.1. The van der Waals surface area contributed by atoms with Crippen molar-refractivity contribution in [2.75, 3.05) is 36.9 Å². The molecule has 1 aliphatic rings. The number of aromatic amines is 1. The van der Waals surface area contributed by atoms with Crippen molar-refractivity contribution >= 4 is 22.5 Å². The van der Waals surface area contributed by atoms with Crippen LogP contribution in [0.1, 0.15) is 25.3 Å². The summed E-state index contributed by atoms with van der Waals surface area (Å²) in [5.74, 6) is 1.64. The fourth-order valence-corrected chi connectivity index (χ4v) is 3.13. The number of hydrogen-bond acceptors (Lipinski definition) is 7. The van der Waals surface area contributed by atoms with Crippen LogP contribution in [0.4, 0.5) is 11.6 Å².